The van der Waals surface area contributed by atoms with Gasteiger partial charge in [0.15, 0.2) is 0 Å². The van der Waals surface area contributed by atoms with E-state index in [9.17, 15) is 0 Å². The summed E-state index contributed by atoms with van der Waals surface area (Å²) in [6.07, 6.45) is 9.51. The summed E-state index contributed by atoms with van der Waals surface area (Å²) in [5.74, 6) is 0. The van der Waals surface area contributed by atoms with Gasteiger partial charge in [0.05, 0.1) is 16.8 Å². The third-order valence-corrected chi connectivity index (χ3v) is 6.47. The van der Waals surface area contributed by atoms with Crippen LogP contribution in [0, 0.1) is 13.8 Å². The molecule has 0 unspecified atom stereocenters. The summed E-state index contributed by atoms with van der Waals surface area (Å²) in [7, 11) is 0. The number of fused-ring (bicyclic) bond motifs is 2. The molecule has 1 aliphatic carbocycles. The van der Waals surface area contributed by atoms with Gasteiger partial charge in [0, 0.05) is 22.7 Å². The minimum Gasteiger partial charge on any atom is -0.277 e. The largest absolute Gasteiger partial charge is 0.277 e. The number of aryl methyl sites for hydroxylation is 2. The van der Waals surface area contributed by atoms with Crippen LogP contribution in [0.25, 0.3) is 10.9 Å². The lowest BCUT2D eigenvalue weighted by atomic mass is 9.74. The second kappa shape index (κ2) is 6.30. The van der Waals surface area contributed by atoms with E-state index < -0.39 is 0 Å². The van der Waals surface area contributed by atoms with Crippen molar-refractivity contribution in [2.75, 3.05) is 0 Å². The average Bonchev–Trinajstić information content (AvgIpc) is 2.68. The Bertz CT molecular complexity index is 1060. The van der Waals surface area contributed by atoms with E-state index in [1.54, 1.807) is 0 Å². The third kappa shape index (κ3) is 2.79. The summed E-state index contributed by atoms with van der Waals surface area (Å²) < 4.78 is 0. The molecule has 3 aromatic rings. The lowest BCUT2D eigenvalue weighted by Crippen LogP contribution is -2.37. The van der Waals surface area contributed by atoms with Crippen molar-refractivity contribution in [3.63, 3.8) is 0 Å². The van der Waals surface area contributed by atoms with E-state index >= 15 is 0 Å². The van der Waals surface area contributed by atoms with E-state index in [-0.39, 0.29) is 5.54 Å². The van der Waals surface area contributed by atoms with E-state index in [2.05, 4.69) is 56.3 Å². The zero-order chi connectivity index (χ0) is 18.4. The topological polar surface area (TPSA) is 25.2 Å². The van der Waals surface area contributed by atoms with E-state index in [0.29, 0.717) is 0 Å². The second-order valence-corrected chi connectivity index (χ2v) is 8.40. The molecule has 0 amide bonds. The smallest absolute Gasteiger partial charge is 0.0747 e. The number of pyridine rings is 1. The van der Waals surface area contributed by atoms with Gasteiger partial charge in [-0.15, -0.1) is 0 Å². The number of aliphatic imine (C=N–C) groups is 1. The Hall–Kier alpha value is -2.48. The van der Waals surface area contributed by atoms with Crippen molar-refractivity contribution in [1.82, 2.24) is 4.98 Å². The molecule has 1 saturated carbocycles. The molecule has 27 heavy (non-hydrogen) atoms. The Kier molecular flexibility index (Phi) is 3.89. The van der Waals surface area contributed by atoms with Gasteiger partial charge in [-0.1, -0.05) is 61.2 Å². The van der Waals surface area contributed by atoms with Crippen LogP contribution in [-0.4, -0.2) is 16.2 Å². The molecule has 2 aliphatic rings. The molecule has 0 saturated heterocycles. The van der Waals surface area contributed by atoms with Crippen LogP contribution in [0.1, 0.15) is 59.9 Å². The monoisotopic (exact) mass is 354 g/mol. The maximum absolute atomic E-state index is 5.46. The van der Waals surface area contributed by atoms with Crippen molar-refractivity contribution >= 4 is 16.6 Å². The molecule has 2 nitrogen and oxygen atoms in total. The summed E-state index contributed by atoms with van der Waals surface area (Å²) in [5, 5.41) is 1.23. The second-order valence-electron chi connectivity index (χ2n) is 8.40. The van der Waals surface area contributed by atoms with Gasteiger partial charge in [-0.3, -0.25) is 9.98 Å². The van der Waals surface area contributed by atoms with Crippen molar-refractivity contribution in [2.45, 2.75) is 57.9 Å². The van der Waals surface area contributed by atoms with Gasteiger partial charge >= 0.3 is 0 Å². The SMILES string of the molecule is Cc1ccc2c(c1)CC1(CCCCC1)N=C2c1cnc2ccccc2c1C. The minimum absolute atomic E-state index is 0.0897. The fourth-order valence-electron chi connectivity index (χ4n) is 5.01. The van der Waals surface area contributed by atoms with Crippen LogP contribution in [0.3, 0.4) is 0 Å². The Morgan fingerprint density at radius 3 is 2.56 bits per heavy atom. The van der Waals surface area contributed by atoms with Crippen LogP contribution < -0.4 is 0 Å². The molecular weight excluding hydrogens is 328 g/mol. The first-order valence-electron chi connectivity index (χ1n) is 10.2. The van der Waals surface area contributed by atoms with Crippen LogP contribution in [0.15, 0.2) is 53.7 Å². The third-order valence-electron chi connectivity index (χ3n) is 6.47. The quantitative estimate of drug-likeness (QED) is 0.530. The van der Waals surface area contributed by atoms with E-state index in [0.717, 1.165) is 17.6 Å². The summed E-state index contributed by atoms with van der Waals surface area (Å²) in [6, 6.07) is 15.3. The fraction of sp³-hybridized carbons (Fsp3) is 0.360. The highest BCUT2D eigenvalue weighted by molar-refractivity contribution is 6.16. The number of hydrogen-bond donors (Lipinski definition) is 0. The Morgan fingerprint density at radius 2 is 1.70 bits per heavy atom. The predicted octanol–water partition coefficient (Wildman–Crippen LogP) is 5.95. The number of para-hydroxylation sites is 1. The van der Waals surface area contributed by atoms with Crippen molar-refractivity contribution in [3.05, 3.63) is 76.5 Å². The Labute approximate surface area is 161 Å². The first kappa shape index (κ1) is 16.7. The molecular formula is C25H26N2. The van der Waals surface area contributed by atoms with Gasteiger partial charge in [0.25, 0.3) is 0 Å². The maximum Gasteiger partial charge on any atom is 0.0747 e. The molecule has 0 radical (unpaired) electrons. The Morgan fingerprint density at radius 1 is 0.889 bits per heavy atom. The first-order chi connectivity index (χ1) is 13.2. The van der Waals surface area contributed by atoms with Crippen LogP contribution in [0.4, 0.5) is 0 Å². The zero-order valence-electron chi connectivity index (χ0n) is 16.3. The highest BCUT2D eigenvalue weighted by Crippen LogP contribution is 2.40. The minimum atomic E-state index is 0.0897. The lowest BCUT2D eigenvalue weighted by Gasteiger charge is -2.39. The first-order valence-corrected chi connectivity index (χ1v) is 10.2. The van der Waals surface area contributed by atoms with Gasteiger partial charge in [0.2, 0.25) is 0 Å². The van der Waals surface area contributed by atoms with Crippen LogP contribution >= 0.6 is 0 Å². The molecule has 2 heteroatoms. The molecule has 1 spiro atoms. The average molecular weight is 354 g/mol. The highest BCUT2D eigenvalue weighted by Gasteiger charge is 2.37. The maximum atomic E-state index is 5.46. The van der Waals surface area contributed by atoms with Gasteiger partial charge < -0.3 is 0 Å². The van der Waals surface area contributed by atoms with Crippen LogP contribution in [0.2, 0.25) is 0 Å². The molecule has 2 aromatic carbocycles. The summed E-state index contributed by atoms with van der Waals surface area (Å²) in [6.45, 7) is 4.42. The van der Waals surface area contributed by atoms with Gasteiger partial charge in [-0.05, 0) is 50.3 Å². The van der Waals surface area contributed by atoms with E-state index in [1.165, 1.54) is 65.3 Å². The molecule has 5 rings (SSSR count). The van der Waals surface area contributed by atoms with Crippen LogP contribution in [0.5, 0.6) is 0 Å². The number of hydrogen-bond acceptors (Lipinski definition) is 2. The predicted molar refractivity (Wildman–Crippen MR) is 113 cm³/mol. The number of nitrogens with zero attached hydrogens (tertiary/aromatic N) is 2. The molecule has 2 heterocycles. The van der Waals surface area contributed by atoms with Gasteiger partial charge in [0.1, 0.15) is 0 Å². The van der Waals surface area contributed by atoms with Gasteiger partial charge in [-0.25, -0.2) is 0 Å². The molecule has 1 aliphatic heterocycles. The van der Waals surface area contributed by atoms with Crippen molar-refractivity contribution < 1.29 is 0 Å². The van der Waals surface area contributed by atoms with Crippen molar-refractivity contribution in [2.24, 2.45) is 4.99 Å². The molecule has 136 valence electrons. The van der Waals surface area contributed by atoms with E-state index in [1.807, 2.05) is 6.20 Å². The summed E-state index contributed by atoms with van der Waals surface area (Å²) in [4.78, 5) is 10.2. The number of rotatable bonds is 1. The number of aromatic nitrogens is 1. The standard InChI is InChI=1S/C25H26N2/c1-17-10-11-21-19(14-17)15-25(12-6-3-7-13-25)27-24(21)22-16-26-23-9-5-4-8-20(23)18(22)2/h4-5,8-11,14,16H,3,6-7,12-13,15H2,1-2H3. The lowest BCUT2D eigenvalue weighted by molar-refractivity contribution is 0.294. The molecule has 0 bridgehead atoms. The van der Waals surface area contributed by atoms with Crippen LogP contribution in [-0.2, 0) is 6.42 Å². The van der Waals surface area contributed by atoms with Crippen molar-refractivity contribution in [3.8, 4) is 0 Å². The van der Waals surface area contributed by atoms with E-state index in [4.69, 9.17) is 9.98 Å². The summed E-state index contributed by atoms with van der Waals surface area (Å²) in [5.41, 5.74) is 8.91. The van der Waals surface area contributed by atoms with Gasteiger partial charge in [-0.2, -0.15) is 0 Å². The Balaban J connectivity index is 1.74. The summed E-state index contributed by atoms with van der Waals surface area (Å²) >= 11 is 0. The highest BCUT2D eigenvalue weighted by atomic mass is 14.9. The fourth-order valence-corrected chi connectivity index (χ4v) is 5.01. The van der Waals surface area contributed by atoms with Crippen molar-refractivity contribution in [1.29, 1.82) is 0 Å². The molecule has 1 fully saturated rings. The number of benzene rings is 2. The molecule has 0 N–H and O–H groups in total. The zero-order valence-corrected chi connectivity index (χ0v) is 16.3. The molecule has 1 aromatic heterocycles. The molecule has 0 atom stereocenters. The normalized spacial score (nSPS) is 18.4.